The van der Waals surface area contributed by atoms with Crippen molar-refractivity contribution in [1.82, 2.24) is 5.32 Å². The van der Waals surface area contributed by atoms with Crippen LogP contribution in [0.5, 0.6) is 5.75 Å². The summed E-state index contributed by atoms with van der Waals surface area (Å²) in [7, 11) is 1.64. The van der Waals surface area contributed by atoms with E-state index in [2.05, 4.69) is 5.32 Å². The highest BCUT2D eigenvalue weighted by Gasteiger charge is 2.25. The Hall–Kier alpha value is -1.26. The summed E-state index contributed by atoms with van der Waals surface area (Å²) in [5.74, 6) is 0.547. The first-order chi connectivity index (χ1) is 10.1. The molecule has 0 amide bonds. The van der Waals surface area contributed by atoms with Crippen LogP contribution in [0.4, 0.5) is 0 Å². The van der Waals surface area contributed by atoms with Crippen molar-refractivity contribution in [3.05, 3.63) is 28.8 Å². The summed E-state index contributed by atoms with van der Waals surface area (Å²) < 4.78 is 5.32. The molecule has 0 unspecified atom stereocenters. The van der Waals surface area contributed by atoms with Crippen molar-refractivity contribution in [3.63, 3.8) is 0 Å². The van der Waals surface area contributed by atoms with Crippen LogP contribution >= 0.6 is 11.6 Å². The van der Waals surface area contributed by atoms with Gasteiger partial charge in [0.2, 0.25) is 0 Å². The van der Waals surface area contributed by atoms with Crippen LogP contribution in [0.25, 0.3) is 0 Å². The molecule has 1 aliphatic rings. The fourth-order valence-electron chi connectivity index (χ4n) is 2.92. The second kappa shape index (κ2) is 7.66. The summed E-state index contributed by atoms with van der Waals surface area (Å²) in [6.45, 7) is 1.56. The van der Waals surface area contributed by atoms with Gasteiger partial charge in [0, 0.05) is 17.1 Å². The maximum atomic E-state index is 10.9. The molecule has 0 saturated heterocycles. The maximum Gasteiger partial charge on any atom is 0.306 e. The molecule has 1 aromatic carbocycles. The van der Waals surface area contributed by atoms with Crippen molar-refractivity contribution in [2.75, 3.05) is 13.7 Å². The van der Waals surface area contributed by atoms with E-state index in [1.807, 2.05) is 18.2 Å². The molecule has 1 fully saturated rings. The largest absolute Gasteiger partial charge is 0.496 e. The summed E-state index contributed by atoms with van der Waals surface area (Å²) in [6.07, 6.45) is 3.53. The van der Waals surface area contributed by atoms with E-state index in [1.165, 1.54) is 0 Å². The van der Waals surface area contributed by atoms with E-state index >= 15 is 0 Å². The second-order valence-corrected chi connectivity index (χ2v) is 6.01. The van der Waals surface area contributed by atoms with E-state index in [1.54, 1.807) is 7.11 Å². The normalized spacial score (nSPS) is 22.0. The van der Waals surface area contributed by atoms with Gasteiger partial charge in [0.1, 0.15) is 5.75 Å². The number of carboxylic acids is 1. The van der Waals surface area contributed by atoms with Gasteiger partial charge in [-0.25, -0.2) is 0 Å². The highest BCUT2D eigenvalue weighted by atomic mass is 35.5. The molecule has 1 saturated carbocycles. The van der Waals surface area contributed by atoms with Crippen LogP contribution in [0.3, 0.4) is 0 Å². The van der Waals surface area contributed by atoms with Gasteiger partial charge >= 0.3 is 5.97 Å². The quantitative estimate of drug-likeness (QED) is 0.846. The number of aliphatic carboxylic acids is 1. The minimum atomic E-state index is -0.651. The number of carbonyl (C=O) groups is 1. The van der Waals surface area contributed by atoms with Gasteiger partial charge in [-0.3, -0.25) is 4.79 Å². The van der Waals surface area contributed by atoms with Crippen LogP contribution in [0, 0.1) is 11.8 Å². The predicted molar refractivity (Wildman–Crippen MR) is 82.8 cm³/mol. The van der Waals surface area contributed by atoms with Crippen molar-refractivity contribution in [2.45, 2.75) is 32.2 Å². The third-order valence-corrected chi connectivity index (χ3v) is 4.58. The average molecular weight is 312 g/mol. The van der Waals surface area contributed by atoms with Gasteiger partial charge in [0.25, 0.3) is 0 Å². The number of halogens is 1. The molecule has 1 aliphatic carbocycles. The molecule has 1 aromatic rings. The van der Waals surface area contributed by atoms with Crippen LogP contribution in [0.1, 0.15) is 31.2 Å². The minimum absolute atomic E-state index is 0.148. The Balaban J connectivity index is 1.79. The first-order valence-electron chi connectivity index (χ1n) is 7.36. The van der Waals surface area contributed by atoms with Crippen molar-refractivity contribution >= 4 is 17.6 Å². The third-order valence-electron chi connectivity index (χ3n) is 4.23. The molecule has 21 heavy (non-hydrogen) atoms. The number of hydrogen-bond acceptors (Lipinski definition) is 3. The first kappa shape index (κ1) is 16.1. The molecular weight excluding hydrogens is 290 g/mol. The smallest absolute Gasteiger partial charge is 0.306 e. The van der Waals surface area contributed by atoms with Crippen LogP contribution in [0.15, 0.2) is 18.2 Å². The summed E-state index contributed by atoms with van der Waals surface area (Å²) in [5, 5.41) is 13.1. The zero-order valence-electron chi connectivity index (χ0n) is 12.3. The van der Waals surface area contributed by atoms with Crippen molar-refractivity contribution < 1.29 is 14.6 Å². The average Bonchev–Trinajstić information content (AvgIpc) is 2.49. The lowest BCUT2D eigenvalue weighted by Gasteiger charge is -2.26. The number of nitrogens with one attached hydrogen (secondary N) is 1. The van der Waals surface area contributed by atoms with Crippen LogP contribution < -0.4 is 10.1 Å². The van der Waals surface area contributed by atoms with Crippen LogP contribution in [-0.4, -0.2) is 24.7 Å². The Kier molecular flexibility index (Phi) is 5.88. The SMILES string of the molecule is COc1cccc(Cl)c1CNCC1CCC(C(=O)O)CC1. The topological polar surface area (TPSA) is 58.6 Å². The molecule has 0 aliphatic heterocycles. The van der Waals surface area contributed by atoms with Crippen LogP contribution in [-0.2, 0) is 11.3 Å². The Bertz CT molecular complexity index is 484. The number of rotatable bonds is 6. The fourth-order valence-corrected chi connectivity index (χ4v) is 3.15. The lowest BCUT2D eigenvalue weighted by atomic mass is 9.82. The Morgan fingerprint density at radius 1 is 1.38 bits per heavy atom. The first-order valence-corrected chi connectivity index (χ1v) is 7.74. The fraction of sp³-hybridized carbons (Fsp3) is 0.562. The zero-order chi connectivity index (χ0) is 15.2. The lowest BCUT2D eigenvalue weighted by molar-refractivity contribution is -0.143. The predicted octanol–water partition coefficient (Wildman–Crippen LogP) is 3.33. The molecule has 0 heterocycles. The molecule has 0 bridgehead atoms. The summed E-state index contributed by atoms with van der Waals surface area (Å²) in [4.78, 5) is 10.9. The Morgan fingerprint density at radius 3 is 2.71 bits per heavy atom. The van der Waals surface area contributed by atoms with Gasteiger partial charge < -0.3 is 15.2 Å². The number of methoxy groups -OCH3 is 1. The summed E-state index contributed by atoms with van der Waals surface area (Å²) in [5.41, 5.74) is 0.973. The molecule has 0 spiro atoms. The van der Waals surface area contributed by atoms with E-state index in [4.69, 9.17) is 21.4 Å². The van der Waals surface area contributed by atoms with Crippen molar-refractivity contribution in [3.8, 4) is 5.75 Å². The zero-order valence-corrected chi connectivity index (χ0v) is 13.0. The highest BCUT2D eigenvalue weighted by molar-refractivity contribution is 6.31. The molecular formula is C16H22ClNO3. The van der Waals surface area contributed by atoms with Crippen LogP contribution in [0.2, 0.25) is 5.02 Å². The van der Waals surface area contributed by atoms with Gasteiger partial charge in [-0.15, -0.1) is 0 Å². The molecule has 0 atom stereocenters. The number of benzene rings is 1. The maximum absolute atomic E-state index is 10.9. The standard InChI is InChI=1S/C16H22ClNO3/c1-21-15-4-2-3-14(17)13(15)10-18-9-11-5-7-12(8-6-11)16(19)20/h2-4,11-12,18H,5-10H2,1H3,(H,19,20). The minimum Gasteiger partial charge on any atom is -0.496 e. The van der Waals surface area contributed by atoms with E-state index in [0.717, 1.165) is 43.5 Å². The molecule has 0 radical (unpaired) electrons. The summed E-state index contributed by atoms with van der Waals surface area (Å²) in [6, 6.07) is 5.64. The van der Waals surface area contributed by atoms with Gasteiger partial charge in [-0.1, -0.05) is 17.7 Å². The highest BCUT2D eigenvalue weighted by Crippen LogP contribution is 2.29. The van der Waals surface area contributed by atoms with E-state index in [9.17, 15) is 4.79 Å². The number of ether oxygens (including phenoxy) is 1. The van der Waals surface area contributed by atoms with Crippen molar-refractivity contribution in [1.29, 1.82) is 0 Å². The van der Waals surface area contributed by atoms with E-state index in [0.29, 0.717) is 17.5 Å². The number of hydrogen-bond donors (Lipinski definition) is 2. The summed E-state index contributed by atoms with van der Waals surface area (Å²) >= 11 is 6.20. The molecule has 0 aromatic heterocycles. The van der Waals surface area contributed by atoms with E-state index < -0.39 is 5.97 Å². The Labute approximate surface area is 130 Å². The second-order valence-electron chi connectivity index (χ2n) is 5.61. The number of carboxylic acid groups (broad SMARTS) is 1. The van der Waals surface area contributed by atoms with Crippen molar-refractivity contribution in [2.24, 2.45) is 11.8 Å². The van der Waals surface area contributed by atoms with Gasteiger partial charge in [0.15, 0.2) is 0 Å². The third kappa shape index (κ3) is 4.35. The molecule has 4 nitrogen and oxygen atoms in total. The Morgan fingerprint density at radius 2 is 2.10 bits per heavy atom. The van der Waals surface area contributed by atoms with Gasteiger partial charge in [-0.05, 0) is 50.3 Å². The van der Waals surface area contributed by atoms with E-state index in [-0.39, 0.29) is 5.92 Å². The molecule has 116 valence electrons. The molecule has 2 rings (SSSR count). The monoisotopic (exact) mass is 311 g/mol. The molecule has 5 heteroatoms. The molecule has 2 N–H and O–H groups in total. The van der Waals surface area contributed by atoms with Gasteiger partial charge in [-0.2, -0.15) is 0 Å². The lowest BCUT2D eigenvalue weighted by Crippen LogP contribution is -2.28. The van der Waals surface area contributed by atoms with Gasteiger partial charge in [0.05, 0.1) is 13.0 Å².